The molecule has 1 aromatic rings. The Morgan fingerprint density at radius 2 is 1.80 bits per heavy atom. The number of hydrogen-bond donors (Lipinski definition) is 0. The molecule has 1 fully saturated rings. The molecule has 0 N–H and O–H groups in total. The highest BCUT2D eigenvalue weighted by Gasteiger charge is 2.25. The summed E-state index contributed by atoms with van der Waals surface area (Å²) >= 11 is 6.07. The van der Waals surface area contributed by atoms with E-state index in [1.165, 1.54) is 0 Å². The van der Waals surface area contributed by atoms with Crippen LogP contribution in [-0.4, -0.2) is 48.9 Å². The average molecular weight is 297 g/mol. The van der Waals surface area contributed by atoms with Crippen molar-refractivity contribution < 1.29 is 4.79 Å². The van der Waals surface area contributed by atoms with Crippen molar-refractivity contribution in [1.29, 1.82) is 0 Å². The van der Waals surface area contributed by atoms with Crippen molar-refractivity contribution >= 4 is 17.5 Å². The molecule has 1 aromatic carbocycles. The number of carbonyl (C=O) groups excluding carboxylic acids is 1. The maximum absolute atomic E-state index is 12.4. The van der Waals surface area contributed by atoms with Gasteiger partial charge in [0.15, 0.2) is 0 Å². The predicted octanol–water partition coefficient (Wildman–Crippen LogP) is 3.53. The zero-order valence-corrected chi connectivity index (χ0v) is 13.7. The van der Waals surface area contributed by atoms with Gasteiger partial charge in [-0.1, -0.05) is 37.6 Å². The van der Waals surface area contributed by atoms with Crippen LogP contribution in [0.4, 0.5) is 0 Å². The lowest BCUT2D eigenvalue weighted by atomic mass is 10.0. The van der Waals surface area contributed by atoms with Gasteiger partial charge in [-0.15, -0.1) is 0 Å². The van der Waals surface area contributed by atoms with E-state index < -0.39 is 0 Å². The SMILES string of the molecule is CC.CN1CCC(N(C)C(=O)c2ccccc2Cl)CC1. The molecule has 1 heterocycles. The van der Waals surface area contributed by atoms with Crippen LogP contribution in [0.1, 0.15) is 37.0 Å². The number of amides is 1. The summed E-state index contributed by atoms with van der Waals surface area (Å²) in [6, 6.07) is 7.56. The molecular formula is C16H25ClN2O. The van der Waals surface area contributed by atoms with Crippen LogP contribution in [-0.2, 0) is 0 Å². The summed E-state index contributed by atoms with van der Waals surface area (Å²) in [7, 11) is 3.99. The largest absolute Gasteiger partial charge is 0.339 e. The number of piperidine rings is 1. The number of likely N-dealkylation sites (tertiary alicyclic amines) is 1. The second-order valence-electron chi connectivity index (χ2n) is 4.93. The first-order valence-electron chi connectivity index (χ1n) is 7.30. The van der Waals surface area contributed by atoms with Crippen LogP contribution in [0, 0.1) is 0 Å². The van der Waals surface area contributed by atoms with Gasteiger partial charge in [0.25, 0.3) is 5.91 Å². The maximum Gasteiger partial charge on any atom is 0.255 e. The number of nitrogens with zero attached hydrogens (tertiary/aromatic N) is 2. The highest BCUT2D eigenvalue weighted by Crippen LogP contribution is 2.20. The topological polar surface area (TPSA) is 23.6 Å². The third kappa shape index (κ3) is 4.22. The molecule has 0 aliphatic carbocycles. The Morgan fingerprint density at radius 1 is 1.25 bits per heavy atom. The number of carbonyl (C=O) groups is 1. The molecule has 4 heteroatoms. The van der Waals surface area contributed by atoms with Gasteiger partial charge in [-0.05, 0) is 45.1 Å². The summed E-state index contributed by atoms with van der Waals surface area (Å²) in [5.74, 6) is 0.0233. The molecule has 0 atom stereocenters. The van der Waals surface area contributed by atoms with Crippen LogP contribution >= 0.6 is 11.6 Å². The second kappa shape index (κ2) is 8.28. The van der Waals surface area contributed by atoms with E-state index in [0.717, 1.165) is 25.9 Å². The van der Waals surface area contributed by atoms with E-state index in [2.05, 4.69) is 11.9 Å². The molecule has 2 rings (SSSR count). The minimum absolute atomic E-state index is 0.0233. The van der Waals surface area contributed by atoms with Gasteiger partial charge in [0, 0.05) is 13.1 Å². The van der Waals surface area contributed by atoms with E-state index in [1.807, 2.05) is 37.9 Å². The second-order valence-corrected chi connectivity index (χ2v) is 5.34. The van der Waals surface area contributed by atoms with Gasteiger partial charge < -0.3 is 9.80 Å². The van der Waals surface area contributed by atoms with Gasteiger partial charge in [-0.2, -0.15) is 0 Å². The molecule has 3 nitrogen and oxygen atoms in total. The Labute approximate surface area is 127 Å². The van der Waals surface area contributed by atoms with Crippen LogP contribution in [0.2, 0.25) is 5.02 Å². The first-order chi connectivity index (χ1) is 9.59. The lowest BCUT2D eigenvalue weighted by Gasteiger charge is -2.35. The molecule has 0 aromatic heterocycles. The predicted molar refractivity (Wildman–Crippen MR) is 85.4 cm³/mol. The van der Waals surface area contributed by atoms with Crippen LogP contribution in [0.5, 0.6) is 0 Å². The van der Waals surface area contributed by atoms with Gasteiger partial charge >= 0.3 is 0 Å². The van der Waals surface area contributed by atoms with E-state index in [0.29, 0.717) is 16.6 Å². The number of hydrogen-bond acceptors (Lipinski definition) is 2. The standard InChI is InChI=1S/C14H19ClN2O.C2H6/c1-16-9-7-11(8-10-16)17(2)14(18)12-5-3-4-6-13(12)15;1-2/h3-6,11H,7-10H2,1-2H3;1-2H3. The van der Waals surface area contributed by atoms with E-state index in [-0.39, 0.29) is 5.91 Å². The third-order valence-corrected chi connectivity index (χ3v) is 3.99. The summed E-state index contributed by atoms with van der Waals surface area (Å²) in [5.41, 5.74) is 0.598. The molecule has 1 saturated heterocycles. The molecule has 112 valence electrons. The minimum Gasteiger partial charge on any atom is -0.339 e. The van der Waals surface area contributed by atoms with E-state index in [9.17, 15) is 4.79 Å². The molecule has 1 aliphatic rings. The highest BCUT2D eigenvalue weighted by atomic mass is 35.5. The zero-order chi connectivity index (χ0) is 15.1. The summed E-state index contributed by atoms with van der Waals surface area (Å²) in [6.07, 6.45) is 2.06. The summed E-state index contributed by atoms with van der Waals surface area (Å²) in [5, 5.41) is 0.530. The molecule has 20 heavy (non-hydrogen) atoms. The molecule has 0 saturated carbocycles. The monoisotopic (exact) mass is 296 g/mol. The fourth-order valence-corrected chi connectivity index (χ4v) is 2.59. The van der Waals surface area contributed by atoms with Gasteiger partial charge in [0.05, 0.1) is 10.6 Å². The third-order valence-electron chi connectivity index (χ3n) is 3.66. The Morgan fingerprint density at radius 3 is 2.35 bits per heavy atom. The van der Waals surface area contributed by atoms with E-state index in [1.54, 1.807) is 12.1 Å². The normalized spacial score (nSPS) is 16.2. The highest BCUT2D eigenvalue weighted by molar-refractivity contribution is 6.33. The fourth-order valence-electron chi connectivity index (χ4n) is 2.37. The van der Waals surface area contributed by atoms with Crippen molar-refractivity contribution in [3.05, 3.63) is 34.9 Å². The summed E-state index contributed by atoms with van der Waals surface area (Å²) < 4.78 is 0. The van der Waals surface area contributed by atoms with Crippen molar-refractivity contribution in [2.45, 2.75) is 32.7 Å². The van der Waals surface area contributed by atoms with Crippen LogP contribution in [0.3, 0.4) is 0 Å². The van der Waals surface area contributed by atoms with Crippen molar-refractivity contribution in [2.24, 2.45) is 0 Å². The summed E-state index contributed by atoms with van der Waals surface area (Å²) in [4.78, 5) is 16.5. The molecule has 0 spiro atoms. The minimum atomic E-state index is 0.0233. The Kier molecular flexibility index (Phi) is 7.03. The van der Waals surface area contributed by atoms with Gasteiger partial charge in [-0.3, -0.25) is 4.79 Å². The van der Waals surface area contributed by atoms with Crippen molar-refractivity contribution in [3.8, 4) is 0 Å². The number of benzene rings is 1. The molecule has 1 amide bonds. The molecule has 0 unspecified atom stereocenters. The van der Waals surface area contributed by atoms with Crippen molar-refractivity contribution in [1.82, 2.24) is 9.80 Å². The number of rotatable bonds is 2. The molecule has 1 aliphatic heterocycles. The molecular weight excluding hydrogens is 272 g/mol. The average Bonchev–Trinajstić information content (AvgIpc) is 2.49. The Balaban J connectivity index is 0.000000956. The molecule has 0 radical (unpaired) electrons. The first-order valence-corrected chi connectivity index (χ1v) is 7.67. The summed E-state index contributed by atoms with van der Waals surface area (Å²) in [6.45, 7) is 6.09. The quantitative estimate of drug-likeness (QED) is 0.833. The van der Waals surface area contributed by atoms with Crippen molar-refractivity contribution in [3.63, 3.8) is 0 Å². The van der Waals surface area contributed by atoms with Crippen LogP contribution in [0.25, 0.3) is 0 Å². The smallest absolute Gasteiger partial charge is 0.255 e. The zero-order valence-electron chi connectivity index (χ0n) is 12.9. The van der Waals surface area contributed by atoms with E-state index in [4.69, 9.17) is 11.6 Å². The lowest BCUT2D eigenvalue weighted by Crippen LogP contribution is -2.44. The van der Waals surface area contributed by atoms with Crippen LogP contribution < -0.4 is 0 Å². The fraction of sp³-hybridized carbons (Fsp3) is 0.562. The Hall–Kier alpha value is -1.06. The Bertz CT molecular complexity index is 428. The van der Waals surface area contributed by atoms with Crippen LogP contribution in [0.15, 0.2) is 24.3 Å². The maximum atomic E-state index is 12.4. The van der Waals surface area contributed by atoms with Gasteiger partial charge in [-0.25, -0.2) is 0 Å². The number of halogens is 1. The lowest BCUT2D eigenvalue weighted by molar-refractivity contribution is 0.0660. The van der Waals surface area contributed by atoms with E-state index >= 15 is 0 Å². The molecule has 0 bridgehead atoms. The first kappa shape index (κ1) is 17.0. The van der Waals surface area contributed by atoms with Gasteiger partial charge in [0.2, 0.25) is 0 Å². The van der Waals surface area contributed by atoms with Gasteiger partial charge in [0.1, 0.15) is 0 Å². The van der Waals surface area contributed by atoms with Crippen molar-refractivity contribution in [2.75, 3.05) is 27.2 Å².